The van der Waals surface area contributed by atoms with Crippen LogP contribution in [-0.4, -0.2) is 40.7 Å². The number of nitrogens with zero attached hydrogens (tertiary/aromatic N) is 4. The zero-order chi connectivity index (χ0) is 13.5. The molecule has 20 heavy (non-hydrogen) atoms. The second-order valence-corrected chi connectivity index (χ2v) is 5.78. The van der Waals surface area contributed by atoms with Crippen LogP contribution >= 0.6 is 11.6 Å². The summed E-state index contributed by atoms with van der Waals surface area (Å²) in [5.41, 5.74) is 3.48. The molecule has 1 saturated heterocycles. The molecule has 5 nitrogen and oxygen atoms in total. The number of aryl methyl sites for hydroxylation is 2. The smallest absolute Gasteiger partial charge is 0.180 e. The summed E-state index contributed by atoms with van der Waals surface area (Å²) < 4.78 is 7.56. The van der Waals surface area contributed by atoms with Gasteiger partial charge < -0.3 is 9.64 Å². The standard InChI is InChI=1S/C14H17ClN4O/c15-12-9-19-11-4-2-1-3-10(11)16-14(19)13(17-12)18-5-7-20-8-6-18/h9H,1-8H2. The molecule has 0 spiro atoms. The summed E-state index contributed by atoms with van der Waals surface area (Å²) in [6, 6.07) is 0. The summed E-state index contributed by atoms with van der Waals surface area (Å²) in [6.07, 6.45) is 6.51. The molecule has 0 bridgehead atoms. The minimum Gasteiger partial charge on any atom is -0.378 e. The number of rotatable bonds is 1. The van der Waals surface area contributed by atoms with Crippen LogP contribution in [0.1, 0.15) is 24.2 Å². The summed E-state index contributed by atoms with van der Waals surface area (Å²) in [6.45, 7) is 3.17. The Balaban J connectivity index is 1.89. The molecule has 3 heterocycles. The molecule has 0 aromatic carbocycles. The summed E-state index contributed by atoms with van der Waals surface area (Å²) in [7, 11) is 0. The van der Waals surface area contributed by atoms with Gasteiger partial charge in [0.1, 0.15) is 5.15 Å². The maximum Gasteiger partial charge on any atom is 0.180 e. The molecular weight excluding hydrogens is 276 g/mol. The molecule has 0 radical (unpaired) electrons. The second kappa shape index (κ2) is 4.90. The number of anilines is 1. The number of morpholine rings is 1. The van der Waals surface area contributed by atoms with Crippen LogP contribution in [0.5, 0.6) is 0 Å². The van der Waals surface area contributed by atoms with E-state index in [0.717, 1.165) is 50.6 Å². The summed E-state index contributed by atoms with van der Waals surface area (Å²) in [4.78, 5) is 11.6. The third-order valence-corrected chi connectivity index (χ3v) is 4.31. The van der Waals surface area contributed by atoms with Crippen molar-refractivity contribution in [2.45, 2.75) is 25.7 Å². The Bertz CT molecular complexity index is 648. The van der Waals surface area contributed by atoms with E-state index in [9.17, 15) is 0 Å². The van der Waals surface area contributed by atoms with Gasteiger partial charge in [0.25, 0.3) is 0 Å². The average molecular weight is 293 g/mol. The van der Waals surface area contributed by atoms with Gasteiger partial charge in [-0.3, -0.25) is 4.40 Å². The Hall–Kier alpha value is -1.33. The number of hydrogen-bond acceptors (Lipinski definition) is 4. The van der Waals surface area contributed by atoms with Gasteiger partial charge >= 0.3 is 0 Å². The Labute approximate surface area is 122 Å². The molecule has 0 amide bonds. The maximum absolute atomic E-state index is 6.22. The van der Waals surface area contributed by atoms with E-state index in [1.807, 2.05) is 6.20 Å². The average Bonchev–Trinajstić information content (AvgIpc) is 2.86. The largest absolute Gasteiger partial charge is 0.378 e. The van der Waals surface area contributed by atoms with E-state index in [1.54, 1.807) is 0 Å². The summed E-state index contributed by atoms with van der Waals surface area (Å²) in [5, 5.41) is 0.532. The van der Waals surface area contributed by atoms with Crippen LogP contribution in [-0.2, 0) is 17.6 Å². The van der Waals surface area contributed by atoms with Crippen molar-refractivity contribution >= 4 is 23.1 Å². The first-order chi connectivity index (χ1) is 9.83. The molecule has 4 rings (SSSR count). The first-order valence-corrected chi connectivity index (χ1v) is 7.60. The third kappa shape index (κ3) is 1.96. The summed E-state index contributed by atoms with van der Waals surface area (Å²) >= 11 is 6.22. The molecule has 0 atom stereocenters. The van der Waals surface area contributed by atoms with Gasteiger partial charge in [-0.2, -0.15) is 0 Å². The molecule has 2 aromatic rings. The second-order valence-electron chi connectivity index (χ2n) is 5.39. The zero-order valence-electron chi connectivity index (χ0n) is 11.3. The van der Waals surface area contributed by atoms with Gasteiger partial charge in [-0.25, -0.2) is 9.97 Å². The van der Waals surface area contributed by atoms with E-state index in [0.29, 0.717) is 5.15 Å². The molecule has 0 saturated carbocycles. The Morgan fingerprint density at radius 1 is 1.10 bits per heavy atom. The number of halogens is 1. The monoisotopic (exact) mass is 292 g/mol. The SMILES string of the molecule is Clc1cn2c3c(nc2c(N2CCOCC2)n1)CCCC3. The number of aromatic nitrogens is 3. The van der Waals surface area contributed by atoms with Gasteiger partial charge in [0.05, 0.1) is 18.9 Å². The van der Waals surface area contributed by atoms with Gasteiger partial charge in [-0.05, 0) is 25.7 Å². The summed E-state index contributed by atoms with van der Waals surface area (Å²) in [5.74, 6) is 0.898. The first-order valence-electron chi connectivity index (χ1n) is 7.22. The highest BCUT2D eigenvalue weighted by molar-refractivity contribution is 6.29. The van der Waals surface area contributed by atoms with E-state index >= 15 is 0 Å². The van der Waals surface area contributed by atoms with Gasteiger partial charge in [0.2, 0.25) is 0 Å². The first kappa shape index (κ1) is 12.4. The Morgan fingerprint density at radius 3 is 2.75 bits per heavy atom. The zero-order valence-corrected chi connectivity index (χ0v) is 12.1. The highest BCUT2D eigenvalue weighted by Crippen LogP contribution is 2.28. The predicted molar refractivity (Wildman–Crippen MR) is 77.7 cm³/mol. The number of fused-ring (bicyclic) bond motifs is 3. The van der Waals surface area contributed by atoms with Crippen molar-refractivity contribution in [3.8, 4) is 0 Å². The quantitative estimate of drug-likeness (QED) is 0.807. The number of ether oxygens (including phenoxy) is 1. The van der Waals surface area contributed by atoms with Crippen LogP contribution < -0.4 is 4.90 Å². The van der Waals surface area contributed by atoms with E-state index in [-0.39, 0.29) is 0 Å². The van der Waals surface area contributed by atoms with E-state index < -0.39 is 0 Å². The lowest BCUT2D eigenvalue weighted by Gasteiger charge is -2.28. The fraction of sp³-hybridized carbons (Fsp3) is 0.571. The van der Waals surface area contributed by atoms with Gasteiger partial charge in [0.15, 0.2) is 11.5 Å². The molecule has 0 N–H and O–H groups in total. The van der Waals surface area contributed by atoms with Gasteiger partial charge in [-0.1, -0.05) is 11.6 Å². The molecule has 0 unspecified atom stereocenters. The molecular formula is C14H17ClN4O. The Kier molecular flexibility index (Phi) is 3.04. The van der Waals surface area contributed by atoms with Crippen molar-refractivity contribution in [2.75, 3.05) is 31.2 Å². The van der Waals surface area contributed by atoms with Crippen molar-refractivity contribution in [2.24, 2.45) is 0 Å². The molecule has 106 valence electrons. The molecule has 2 aromatic heterocycles. The van der Waals surface area contributed by atoms with Crippen LogP contribution in [0.4, 0.5) is 5.82 Å². The lowest BCUT2D eigenvalue weighted by Crippen LogP contribution is -2.37. The van der Waals surface area contributed by atoms with Crippen LogP contribution in [0, 0.1) is 0 Å². The van der Waals surface area contributed by atoms with E-state index in [4.69, 9.17) is 21.3 Å². The number of hydrogen-bond donors (Lipinski definition) is 0. The highest BCUT2D eigenvalue weighted by Gasteiger charge is 2.22. The normalized spacial score (nSPS) is 19.4. The van der Waals surface area contributed by atoms with Crippen molar-refractivity contribution in [3.05, 3.63) is 22.7 Å². The van der Waals surface area contributed by atoms with Crippen molar-refractivity contribution < 1.29 is 4.74 Å². The van der Waals surface area contributed by atoms with Gasteiger partial charge in [-0.15, -0.1) is 0 Å². The van der Waals surface area contributed by atoms with Crippen LogP contribution in [0.25, 0.3) is 5.65 Å². The molecule has 1 aliphatic carbocycles. The van der Waals surface area contributed by atoms with Crippen molar-refractivity contribution in [3.63, 3.8) is 0 Å². The Morgan fingerprint density at radius 2 is 1.90 bits per heavy atom. The topological polar surface area (TPSA) is 42.7 Å². The minimum absolute atomic E-state index is 0.532. The minimum atomic E-state index is 0.532. The highest BCUT2D eigenvalue weighted by atomic mass is 35.5. The van der Waals surface area contributed by atoms with E-state index in [2.05, 4.69) is 14.3 Å². The lowest BCUT2D eigenvalue weighted by atomic mass is 10.0. The third-order valence-electron chi connectivity index (χ3n) is 4.13. The number of imidazole rings is 1. The molecule has 1 aliphatic heterocycles. The van der Waals surface area contributed by atoms with E-state index in [1.165, 1.54) is 24.2 Å². The van der Waals surface area contributed by atoms with Crippen molar-refractivity contribution in [1.29, 1.82) is 0 Å². The van der Waals surface area contributed by atoms with Crippen LogP contribution in [0.2, 0.25) is 5.15 Å². The molecule has 6 heteroatoms. The van der Waals surface area contributed by atoms with Crippen molar-refractivity contribution in [1.82, 2.24) is 14.4 Å². The fourth-order valence-electron chi connectivity index (χ4n) is 3.13. The van der Waals surface area contributed by atoms with Crippen LogP contribution in [0.15, 0.2) is 6.20 Å². The molecule has 1 fully saturated rings. The molecule has 2 aliphatic rings. The van der Waals surface area contributed by atoms with Crippen LogP contribution in [0.3, 0.4) is 0 Å². The van der Waals surface area contributed by atoms with Gasteiger partial charge in [0, 0.05) is 25.0 Å². The maximum atomic E-state index is 6.22. The lowest BCUT2D eigenvalue weighted by molar-refractivity contribution is 0.122. The fourth-order valence-corrected chi connectivity index (χ4v) is 3.31. The predicted octanol–water partition coefficient (Wildman–Crippen LogP) is 2.10.